The first-order chi connectivity index (χ1) is 8.29. The minimum absolute atomic E-state index is 0.199. The van der Waals surface area contributed by atoms with Gasteiger partial charge in [-0.2, -0.15) is 0 Å². The molecular formula is C15H12O2. The summed E-state index contributed by atoms with van der Waals surface area (Å²) >= 11 is 0. The van der Waals surface area contributed by atoms with Crippen molar-refractivity contribution >= 4 is 22.8 Å². The second-order valence-electron chi connectivity index (χ2n) is 4.19. The Labute approximate surface area is 99.5 Å². The molecule has 0 saturated heterocycles. The smallest absolute Gasteiger partial charge is 0.317 e. The molecule has 0 bridgehead atoms. The fraction of sp³-hybridized carbons (Fsp3) is 0.133. The number of carbonyl (C=O) groups is 1. The van der Waals surface area contributed by atoms with E-state index in [1.54, 1.807) is 0 Å². The lowest BCUT2D eigenvalue weighted by atomic mass is 9.97. The Kier molecular flexibility index (Phi) is 2.22. The fourth-order valence-corrected chi connectivity index (χ4v) is 2.33. The van der Waals surface area contributed by atoms with Crippen molar-refractivity contribution in [3.8, 4) is 0 Å². The van der Waals surface area contributed by atoms with E-state index < -0.39 is 0 Å². The lowest BCUT2D eigenvalue weighted by Gasteiger charge is -2.09. The number of esters is 1. The standard InChI is InChI=1S/C15H12O2/c1-17-15(16)13-7-6-12-8-10-4-2-3-5-11(10)9-14(12)13/h2-9,13H,1H3. The van der Waals surface area contributed by atoms with E-state index in [4.69, 9.17) is 4.74 Å². The minimum atomic E-state index is -0.250. The van der Waals surface area contributed by atoms with E-state index in [0.717, 1.165) is 16.5 Å². The maximum Gasteiger partial charge on any atom is 0.317 e. The van der Waals surface area contributed by atoms with Gasteiger partial charge >= 0.3 is 5.97 Å². The first-order valence-corrected chi connectivity index (χ1v) is 5.58. The van der Waals surface area contributed by atoms with Crippen molar-refractivity contribution in [2.45, 2.75) is 5.92 Å². The minimum Gasteiger partial charge on any atom is -0.468 e. The van der Waals surface area contributed by atoms with Gasteiger partial charge in [0, 0.05) is 0 Å². The second kappa shape index (κ2) is 3.74. The predicted molar refractivity (Wildman–Crippen MR) is 67.7 cm³/mol. The van der Waals surface area contributed by atoms with Gasteiger partial charge in [0.1, 0.15) is 5.92 Å². The largest absolute Gasteiger partial charge is 0.468 e. The van der Waals surface area contributed by atoms with Gasteiger partial charge in [-0.25, -0.2) is 0 Å². The van der Waals surface area contributed by atoms with Gasteiger partial charge in [0.2, 0.25) is 0 Å². The van der Waals surface area contributed by atoms with Crippen LogP contribution in [0.15, 0.2) is 42.5 Å². The van der Waals surface area contributed by atoms with Crippen molar-refractivity contribution in [2.24, 2.45) is 0 Å². The third-order valence-corrected chi connectivity index (χ3v) is 3.21. The highest BCUT2D eigenvalue weighted by Gasteiger charge is 2.25. The monoisotopic (exact) mass is 224 g/mol. The first-order valence-electron chi connectivity index (χ1n) is 5.58. The molecule has 2 heteroatoms. The molecule has 1 aliphatic carbocycles. The molecule has 17 heavy (non-hydrogen) atoms. The van der Waals surface area contributed by atoms with E-state index >= 15 is 0 Å². The summed E-state index contributed by atoms with van der Waals surface area (Å²) < 4.78 is 4.81. The Bertz CT molecular complexity index is 626. The van der Waals surface area contributed by atoms with Crippen LogP contribution in [0.3, 0.4) is 0 Å². The van der Waals surface area contributed by atoms with E-state index in [1.807, 2.05) is 24.3 Å². The summed E-state index contributed by atoms with van der Waals surface area (Å²) in [6.45, 7) is 0. The van der Waals surface area contributed by atoms with E-state index in [-0.39, 0.29) is 11.9 Å². The summed E-state index contributed by atoms with van der Waals surface area (Å²) in [5.41, 5.74) is 2.15. The number of methoxy groups -OCH3 is 1. The zero-order valence-electron chi connectivity index (χ0n) is 9.51. The van der Waals surface area contributed by atoms with Crippen molar-refractivity contribution in [3.05, 3.63) is 53.6 Å². The van der Waals surface area contributed by atoms with Gasteiger partial charge < -0.3 is 4.74 Å². The van der Waals surface area contributed by atoms with Gasteiger partial charge in [0.25, 0.3) is 0 Å². The van der Waals surface area contributed by atoms with E-state index in [2.05, 4.69) is 24.3 Å². The van der Waals surface area contributed by atoms with Crippen LogP contribution < -0.4 is 0 Å². The number of ether oxygens (including phenoxy) is 1. The van der Waals surface area contributed by atoms with Crippen molar-refractivity contribution in [1.29, 1.82) is 0 Å². The van der Waals surface area contributed by atoms with Crippen molar-refractivity contribution in [3.63, 3.8) is 0 Å². The number of rotatable bonds is 1. The normalized spacial score (nSPS) is 17.1. The number of benzene rings is 2. The highest BCUT2D eigenvalue weighted by molar-refractivity contribution is 5.92. The Morgan fingerprint density at radius 1 is 1.18 bits per heavy atom. The Hall–Kier alpha value is -2.09. The summed E-state index contributed by atoms with van der Waals surface area (Å²) in [6, 6.07) is 12.4. The van der Waals surface area contributed by atoms with Gasteiger partial charge in [-0.05, 0) is 34.0 Å². The van der Waals surface area contributed by atoms with E-state index in [1.165, 1.54) is 12.5 Å². The molecule has 0 spiro atoms. The molecule has 0 fully saturated rings. The molecule has 0 aromatic heterocycles. The molecule has 0 N–H and O–H groups in total. The summed E-state index contributed by atoms with van der Waals surface area (Å²) in [7, 11) is 1.43. The second-order valence-corrected chi connectivity index (χ2v) is 4.19. The van der Waals surface area contributed by atoms with Crippen LogP contribution in [0.1, 0.15) is 17.0 Å². The molecule has 3 rings (SSSR count). The summed E-state index contributed by atoms with van der Waals surface area (Å²) in [4.78, 5) is 11.6. The summed E-state index contributed by atoms with van der Waals surface area (Å²) in [5.74, 6) is -0.449. The SMILES string of the molecule is COC(=O)C1C=Cc2cc3ccccc3cc21. The molecule has 1 aliphatic rings. The van der Waals surface area contributed by atoms with Gasteiger partial charge in [0.05, 0.1) is 7.11 Å². The Balaban J connectivity index is 2.18. The highest BCUT2D eigenvalue weighted by Crippen LogP contribution is 2.34. The van der Waals surface area contributed by atoms with Gasteiger partial charge in [-0.1, -0.05) is 36.4 Å². The molecule has 0 aliphatic heterocycles. The van der Waals surface area contributed by atoms with Crippen LogP contribution >= 0.6 is 0 Å². The maximum absolute atomic E-state index is 11.6. The zero-order valence-corrected chi connectivity index (χ0v) is 9.51. The zero-order chi connectivity index (χ0) is 11.8. The molecule has 2 nitrogen and oxygen atoms in total. The van der Waals surface area contributed by atoms with Crippen molar-refractivity contribution < 1.29 is 9.53 Å². The molecule has 1 unspecified atom stereocenters. The number of carbonyl (C=O) groups excluding carboxylic acids is 1. The van der Waals surface area contributed by atoms with Crippen LogP contribution in [-0.2, 0) is 9.53 Å². The number of fused-ring (bicyclic) bond motifs is 2. The predicted octanol–water partition coefficient (Wildman–Crippen LogP) is 3.12. The average molecular weight is 224 g/mol. The third-order valence-electron chi connectivity index (χ3n) is 3.21. The van der Waals surface area contributed by atoms with Crippen LogP contribution in [-0.4, -0.2) is 13.1 Å². The first kappa shape index (κ1) is 10.1. The van der Waals surface area contributed by atoms with Crippen LogP contribution in [0.5, 0.6) is 0 Å². The van der Waals surface area contributed by atoms with Crippen LogP contribution in [0.2, 0.25) is 0 Å². The van der Waals surface area contributed by atoms with E-state index in [9.17, 15) is 4.79 Å². The molecule has 2 aromatic rings. The number of hydrogen-bond acceptors (Lipinski definition) is 2. The molecule has 0 amide bonds. The highest BCUT2D eigenvalue weighted by atomic mass is 16.5. The fourth-order valence-electron chi connectivity index (χ4n) is 2.33. The maximum atomic E-state index is 11.6. The molecule has 0 heterocycles. The van der Waals surface area contributed by atoms with Gasteiger partial charge in [-0.3, -0.25) is 4.79 Å². The topological polar surface area (TPSA) is 26.3 Å². The average Bonchev–Trinajstić information content (AvgIpc) is 2.78. The van der Waals surface area contributed by atoms with Crippen molar-refractivity contribution in [1.82, 2.24) is 0 Å². The Morgan fingerprint density at radius 2 is 1.88 bits per heavy atom. The molecule has 0 saturated carbocycles. The lowest BCUT2D eigenvalue weighted by molar-refractivity contribution is -0.141. The molecule has 2 aromatic carbocycles. The quantitative estimate of drug-likeness (QED) is 0.696. The van der Waals surface area contributed by atoms with Crippen LogP contribution in [0.25, 0.3) is 16.8 Å². The molecule has 84 valence electrons. The van der Waals surface area contributed by atoms with Gasteiger partial charge in [0.15, 0.2) is 0 Å². The number of hydrogen-bond donors (Lipinski definition) is 0. The molecular weight excluding hydrogens is 212 g/mol. The van der Waals surface area contributed by atoms with Crippen LogP contribution in [0, 0.1) is 0 Å². The van der Waals surface area contributed by atoms with Crippen LogP contribution in [0.4, 0.5) is 0 Å². The summed E-state index contributed by atoms with van der Waals surface area (Å²) in [5, 5.41) is 2.35. The molecule has 0 radical (unpaired) electrons. The lowest BCUT2D eigenvalue weighted by Crippen LogP contribution is -2.10. The third kappa shape index (κ3) is 1.53. The summed E-state index contributed by atoms with van der Waals surface area (Å²) in [6.07, 6.45) is 3.89. The molecule has 1 atom stereocenters. The van der Waals surface area contributed by atoms with Crippen molar-refractivity contribution in [2.75, 3.05) is 7.11 Å². The van der Waals surface area contributed by atoms with Gasteiger partial charge in [-0.15, -0.1) is 0 Å². The Morgan fingerprint density at radius 3 is 2.59 bits per heavy atom. The van der Waals surface area contributed by atoms with E-state index in [0.29, 0.717) is 0 Å².